The molecule has 0 aliphatic carbocycles. The third kappa shape index (κ3) is 2.40. The molecular formula is C12H11FN2O4. The van der Waals surface area contributed by atoms with E-state index >= 15 is 0 Å². The van der Waals surface area contributed by atoms with E-state index in [0.717, 1.165) is 11.0 Å². The number of anilines is 1. The Morgan fingerprint density at radius 3 is 2.68 bits per heavy atom. The summed E-state index contributed by atoms with van der Waals surface area (Å²) in [6.07, 6.45) is 0.0874. The number of carboxylic acid groups (broad SMARTS) is 1. The van der Waals surface area contributed by atoms with E-state index in [1.54, 1.807) is 0 Å². The van der Waals surface area contributed by atoms with Crippen LogP contribution in [0.1, 0.15) is 22.3 Å². The fraction of sp³-hybridized carbons (Fsp3) is 0.250. The van der Waals surface area contributed by atoms with Crippen LogP contribution in [0.3, 0.4) is 0 Å². The number of halogens is 1. The molecule has 0 saturated carbocycles. The number of urea groups is 1. The van der Waals surface area contributed by atoms with Crippen LogP contribution in [-0.2, 0) is 4.79 Å². The number of aromatic carboxylic acids is 1. The van der Waals surface area contributed by atoms with Gasteiger partial charge in [-0.15, -0.1) is 0 Å². The van der Waals surface area contributed by atoms with Gasteiger partial charge in [0.1, 0.15) is 5.82 Å². The summed E-state index contributed by atoms with van der Waals surface area (Å²) in [6.45, 7) is 1.54. The molecule has 3 amide bonds. The Morgan fingerprint density at radius 1 is 1.42 bits per heavy atom. The van der Waals surface area contributed by atoms with Crippen molar-refractivity contribution < 1.29 is 23.9 Å². The molecule has 0 radical (unpaired) electrons. The van der Waals surface area contributed by atoms with Crippen molar-refractivity contribution in [2.45, 2.75) is 13.3 Å². The van der Waals surface area contributed by atoms with Crippen LogP contribution >= 0.6 is 0 Å². The topological polar surface area (TPSA) is 86.7 Å². The van der Waals surface area contributed by atoms with Gasteiger partial charge in [-0.3, -0.25) is 15.0 Å². The summed E-state index contributed by atoms with van der Waals surface area (Å²) in [5.74, 6) is -2.40. The van der Waals surface area contributed by atoms with E-state index in [1.165, 1.54) is 13.0 Å². The Balaban J connectivity index is 2.46. The van der Waals surface area contributed by atoms with Crippen LogP contribution in [0.25, 0.3) is 0 Å². The summed E-state index contributed by atoms with van der Waals surface area (Å²) in [5, 5.41) is 11.0. The highest BCUT2D eigenvalue weighted by atomic mass is 19.1. The monoisotopic (exact) mass is 266 g/mol. The second kappa shape index (κ2) is 4.68. The minimum absolute atomic E-state index is 0.0874. The van der Waals surface area contributed by atoms with Gasteiger partial charge in [0.15, 0.2) is 0 Å². The number of carbonyl (C=O) groups is 3. The van der Waals surface area contributed by atoms with Gasteiger partial charge in [-0.05, 0) is 19.1 Å². The molecule has 2 N–H and O–H groups in total. The van der Waals surface area contributed by atoms with Crippen LogP contribution < -0.4 is 10.2 Å². The number of nitrogens with one attached hydrogen (secondary N) is 1. The summed E-state index contributed by atoms with van der Waals surface area (Å²) in [7, 11) is 0. The molecule has 6 nitrogen and oxygen atoms in total. The SMILES string of the molecule is Cc1c(F)cc(C(=O)O)cc1N1CCC(=O)NC1=O. The molecule has 1 heterocycles. The fourth-order valence-corrected chi connectivity index (χ4v) is 1.86. The third-order valence-corrected chi connectivity index (χ3v) is 2.91. The number of carbonyl (C=O) groups excluding carboxylic acids is 2. The zero-order valence-corrected chi connectivity index (χ0v) is 10.1. The van der Waals surface area contributed by atoms with Crippen molar-refractivity contribution >= 4 is 23.6 Å². The van der Waals surface area contributed by atoms with E-state index in [1.807, 2.05) is 0 Å². The lowest BCUT2D eigenvalue weighted by atomic mass is 10.1. The number of benzene rings is 1. The molecule has 0 spiro atoms. The van der Waals surface area contributed by atoms with Gasteiger partial charge in [-0.1, -0.05) is 0 Å². The number of hydrogen-bond donors (Lipinski definition) is 2. The Hall–Kier alpha value is -2.44. The minimum atomic E-state index is -1.28. The van der Waals surface area contributed by atoms with E-state index in [-0.39, 0.29) is 29.8 Å². The summed E-state index contributed by atoms with van der Waals surface area (Å²) in [6, 6.07) is 1.44. The number of rotatable bonds is 2. The lowest BCUT2D eigenvalue weighted by molar-refractivity contribution is -0.120. The van der Waals surface area contributed by atoms with Gasteiger partial charge >= 0.3 is 12.0 Å². The van der Waals surface area contributed by atoms with Crippen LogP contribution in [0.5, 0.6) is 0 Å². The van der Waals surface area contributed by atoms with E-state index in [9.17, 15) is 18.8 Å². The van der Waals surface area contributed by atoms with E-state index in [2.05, 4.69) is 5.32 Å². The quantitative estimate of drug-likeness (QED) is 0.844. The van der Waals surface area contributed by atoms with Gasteiger partial charge in [0, 0.05) is 18.5 Å². The van der Waals surface area contributed by atoms with Gasteiger partial charge in [0.05, 0.1) is 11.3 Å². The Kier molecular flexibility index (Phi) is 3.20. The first-order valence-corrected chi connectivity index (χ1v) is 5.55. The average Bonchev–Trinajstić information content (AvgIpc) is 2.33. The lowest BCUT2D eigenvalue weighted by Gasteiger charge is -2.28. The van der Waals surface area contributed by atoms with Crippen molar-refractivity contribution in [3.63, 3.8) is 0 Å². The summed E-state index contributed by atoms with van der Waals surface area (Å²) in [4.78, 5) is 34.8. The summed E-state index contributed by atoms with van der Waals surface area (Å²) < 4.78 is 13.7. The van der Waals surface area contributed by atoms with Gasteiger partial charge < -0.3 is 5.11 Å². The molecule has 7 heteroatoms. The number of imide groups is 1. The van der Waals surface area contributed by atoms with Crippen molar-refractivity contribution in [3.05, 3.63) is 29.1 Å². The Labute approximate surface area is 107 Å². The summed E-state index contributed by atoms with van der Waals surface area (Å²) >= 11 is 0. The highest BCUT2D eigenvalue weighted by molar-refractivity contribution is 6.06. The molecule has 19 heavy (non-hydrogen) atoms. The maximum Gasteiger partial charge on any atom is 0.335 e. The molecule has 0 atom stereocenters. The first kappa shape index (κ1) is 13.0. The minimum Gasteiger partial charge on any atom is -0.478 e. The van der Waals surface area contributed by atoms with Crippen molar-refractivity contribution in [1.82, 2.24) is 5.32 Å². The van der Waals surface area contributed by atoms with Crippen LogP contribution in [0.15, 0.2) is 12.1 Å². The maximum atomic E-state index is 13.7. The normalized spacial score (nSPS) is 15.4. The third-order valence-electron chi connectivity index (χ3n) is 2.91. The predicted octanol–water partition coefficient (Wildman–Crippen LogP) is 1.28. The van der Waals surface area contributed by atoms with Gasteiger partial charge in [-0.2, -0.15) is 0 Å². The molecule has 100 valence electrons. The second-order valence-corrected chi connectivity index (χ2v) is 4.16. The molecular weight excluding hydrogens is 255 g/mol. The van der Waals surface area contributed by atoms with E-state index < -0.39 is 23.7 Å². The molecule has 0 bridgehead atoms. The molecule has 2 rings (SSSR count). The van der Waals surface area contributed by atoms with E-state index in [4.69, 9.17) is 5.11 Å². The van der Waals surface area contributed by atoms with Gasteiger partial charge in [-0.25, -0.2) is 14.0 Å². The number of amides is 3. The van der Waals surface area contributed by atoms with Crippen LogP contribution in [-0.4, -0.2) is 29.6 Å². The molecule has 1 aliphatic rings. The molecule has 0 aromatic heterocycles. The second-order valence-electron chi connectivity index (χ2n) is 4.16. The van der Waals surface area contributed by atoms with Crippen molar-refractivity contribution in [1.29, 1.82) is 0 Å². The molecule has 0 unspecified atom stereocenters. The lowest BCUT2D eigenvalue weighted by Crippen LogP contribution is -2.49. The fourth-order valence-electron chi connectivity index (χ4n) is 1.86. The highest BCUT2D eigenvalue weighted by Gasteiger charge is 2.27. The van der Waals surface area contributed by atoms with Crippen molar-refractivity contribution in [2.75, 3.05) is 11.4 Å². The van der Waals surface area contributed by atoms with Crippen LogP contribution in [0.4, 0.5) is 14.9 Å². The average molecular weight is 266 g/mol. The van der Waals surface area contributed by atoms with Gasteiger partial charge in [0.25, 0.3) is 0 Å². The van der Waals surface area contributed by atoms with Crippen molar-refractivity contribution in [2.24, 2.45) is 0 Å². The molecule has 1 aliphatic heterocycles. The zero-order valence-electron chi connectivity index (χ0n) is 10.1. The zero-order chi connectivity index (χ0) is 14.2. The summed E-state index contributed by atoms with van der Waals surface area (Å²) in [5.41, 5.74) is 0.0692. The Bertz CT molecular complexity index is 585. The Morgan fingerprint density at radius 2 is 2.11 bits per heavy atom. The standard InChI is InChI=1S/C12H11FN2O4/c1-6-8(13)4-7(11(17)18)5-9(6)15-3-2-10(16)14-12(15)19/h4-5H,2-3H2,1H3,(H,17,18)(H,14,16,19). The first-order chi connectivity index (χ1) is 8.90. The number of nitrogens with zero attached hydrogens (tertiary/aromatic N) is 1. The number of carboxylic acids is 1. The molecule has 1 saturated heterocycles. The molecule has 1 aromatic rings. The highest BCUT2D eigenvalue weighted by Crippen LogP contribution is 2.26. The van der Waals surface area contributed by atoms with Crippen LogP contribution in [0, 0.1) is 12.7 Å². The molecule has 1 fully saturated rings. The van der Waals surface area contributed by atoms with E-state index in [0.29, 0.717) is 0 Å². The largest absolute Gasteiger partial charge is 0.478 e. The number of hydrogen-bond acceptors (Lipinski definition) is 3. The van der Waals surface area contributed by atoms with Crippen LogP contribution in [0.2, 0.25) is 0 Å². The predicted molar refractivity (Wildman–Crippen MR) is 63.6 cm³/mol. The smallest absolute Gasteiger partial charge is 0.335 e. The van der Waals surface area contributed by atoms with Gasteiger partial charge in [0.2, 0.25) is 5.91 Å². The van der Waals surface area contributed by atoms with Crippen molar-refractivity contribution in [3.8, 4) is 0 Å². The first-order valence-electron chi connectivity index (χ1n) is 5.55. The maximum absolute atomic E-state index is 13.7. The molecule has 1 aromatic carbocycles.